The van der Waals surface area contributed by atoms with Gasteiger partial charge in [0.05, 0.1) is 25.7 Å². The summed E-state index contributed by atoms with van der Waals surface area (Å²) < 4.78 is 1.33. The van der Waals surface area contributed by atoms with E-state index in [4.69, 9.17) is 23.8 Å². The number of hydrogen-bond acceptors (Lipinski definition) is 9. The van der Waals surface area contributed by atoms with Crippen LogP contribution < -0.4 is 15.5 Å². The van der Waals surface area contributed by atoms with E-state index in [1.165, 1.54) is 28.4 Å². The molecule has 3 amide bonds. The highest BCUT2D eigenvalue weighted by molar-refractivity contribution is 8.01. The first-order valence-electron chi connectivity index (χ1n) is 13.9. The van der Waals surface area contributed by atoms with Crippen molar-refractivity contribution in [3.05, 3.63) is 122 Å². The number of hydrogen-bond donors (Lipinski definition) is 2. The first-order valence-corrected chi connectivity index (χ1v) is 16.3. The third-order valence-electron chi connectivity index (χ3n) is 7.12. The lowest BCUT2D eigenvalue weighted by Crippen LogP contribution is -2.54. The van der Waals surface area contributed by atoms with Gasteiger partial charge in [-0.25, -0.2) is 4.98 Å². The summed E-state index contributed by atoms with van der Waals surface area (Å²) in [6.45, 7) is 3.76. The van der Waals surface area contributed by atoms with Crippen molar-refractivity contribution in [2.24, 2.45) is 0 Å². The fourth-order valence-corrected chi connectivity index (χ4v) is 7.42. The first kappa shape index (κ1) is 32.0. The van der Waals surface area contributed by atoms with Crippen LogP contribution in [-0.2, 0) is 9.59 Å². The molecule has 2 heterocycles. The van der Waals surface area contributed by atoms with Crippen molar-refractivity contribution in [2.75, 3.05) is 10.2 Å². The number of aromatic nitrogens is 1. The number of thiazole rings is 1. The Balaban J connectivity index is 1.24. The van der Waals surface area contributed by atoms with Crippen LogP contribution in [0, 0.1) is 24.0 Å². The lowest BCUT2D eigenvalue weighted by atomic mass is 10.0. The number of carbonyl (C=O) groups excluding carboxylic acids is 3. The third kappa shape index (κ3) is 6.79. The van der Waals surface area contributed by atoms with Crippen LogP contribution in [0.4, 0.5) is 17.1 Å². The van der Waals surface area contributed by atoms with E-state index in [1.54, 1.807) is 60.7 Å². The van der Waals surface area contributed by atoms with Gasteiger partial charge in [-0.15, -0.1) is 11.3 Å². The molecular weight excluding hydrogens is 678 g/mol. The Morgan fingerprint density at radius 3 is 2.55 bits per heavy atom. The third-order valence-corrected chi connectivity index (χ3v) is 9.80. The Kier molecular flexibility index (Phi) is 8.88. The number of nitro groups is 1. The minimum absolute atomic E-state index is 0.0475. The van der Waals surface area contributed by atoms with Crippen molar-refractivity contribution in [3.63, 3.8) is 0 Å². The zero-order valence-corrected chi connectivity index (χ0v) is 27.8. The highest BCUT2D eigenvalue weighted by Crippen LogP contribution is 2.40. The predicted octanol–water partition coefficient (Wildman–Crippen LogP) is 7.71. The Morgan fingerprint density at radius 2 is 1.83 bits per heavy atom. The molecule has 1 aliphatic rings. The lowest BCUT2D eigenvalue weighted by Gasteiger charge is -2.30. The zero-order valence-electron chi connectivity index (χ0n) is 24.6. The normalized spacial score (nSPS) is 14.1. The minimum Gasteiger partial charge on any atom is -0.322 e. The van der Waals surface area contributed by atoms with Gasteiger partial charge in [0, 0.05) is 22.3 Å². The summed E-state index contributed by atoms with van der Waals surface area (Å²) in [4.78, 5) is 56.7. The van der Waals surface area contributed by atoms with Crippen LogP contribution in [0.2, 0.25) is 5.02 Å². The number of nitrogens with zero attached hydrogens (tertiary/aromatic N) is 3. The first-order chi connectivity index (χ1) is 22.5. The monoisotopic (exact) mass is 699 g/mol. The lowest BCUT2D eigenvalue weighted by molar-refractivity contribution is -0.387. The number of aryl methyl sites for hydroxylation is 2. The van der Waals surface area contributed by atoms with Gasteiger partial charge in [-0.1, -0.05) is 47.1 Å². The van der Waals surface area contributed by atoms with Crippen molar-refractivity contribution in [1.29, 1.82) is 0 Å². The topological polar surface area (TPSA) is 135 Å². The highest BCUT2D eigenvalue weighted by atomic mass is 35.5. The van der Waals surface area contributed by atoms with Crippen molar-refractivity contribution in [1.82, 2.24) is 10.3 Å². The molecule has 1 fully saturated rings. The molecule has 0 spiro atoms. The highest BCUT2D eigenvalue weighted by Gasteiger charge is 2.35. The molecule has 1 aromatic heterocycles. The quantitative estimate of drug-likeness (QED) is 0.0580. The fraction of sp³-hybridized carbons (Fsp3) is 0.0606. The number of benzene rings is 4. The molecule has 2 N–H and O–H groups in total. The van der Waals surface area contributed by atoms with Gasteiger partial charge in [0.2, 0.25) is 0 Å². The molecular formula is C33H22ClN5O5S3. The van der Waals surface area contributed by atoms with Crippen molar-refractivity contribution < 1.29 is 19.3 Å². The number of rotatable bonds is 7. The molecule has 1 aliphatic heterocycles. The van der Waals surface area contributed by atoms with Crippen molar-refractivity contribution in [2.45, 2.75) is 23.1 Å². The molecule has 47 heavy (non-hydrogen) atoms. The van der Waals surface area contributed by atoms with Crippen LogP contribution in [0.15, 0.2) is 93.7 Å². The summed E-state index contributed by atoms with van der Waals surface area (Å²) in [5.41, 5.74) is 3.88. The molecule has 5 aromatic rings. The van der Waals surface area contributed by atoms with Gasteiger partial charge < -0.3 is 5.32 Å². The molecule has 14 heteroatoms. The molecule has 4 aromatic carbocycles. The van der Waals surface area contributed by atoms with Crippen LogP contribution in [0.5, 0.6) is 0 Å². The maximum atomic E-state index is 13.5. The summed E-state index contributed by atoms with van der Waals surface area (Å²) in [5, 5.41) is 18.0. The van der Waals surface area contributed by atoms with Gasteiger partial charge in [0.15, 0.2) is 9.45 Å². The second-order valence-electron chi connectivity index (χ2n) is 10.5. The van der Waals surface area contributed by atoms with E-state index in [0.29, 0.717) is 42.3 Å². The molecule has 1 saturated heterocycles. The fourth-order valence-electron chi connectivity index (χ4n) is 4.88. The average molecular weight is 700 g/mol. The molecule has 6 rings (SSSR count). The second kappa shape index (κ2) is 13.0. The SMILES string of the molecule is Cc1ccc(N2C(=O)/C(=C/c3ccc(Sc4nc5ccc(NC(=O)c6ccc(Cl)cc6)cc5s4)c([N+](=O)[O-])c3)C(=O)NC2=S)c(C)c1. The molecule has 234 valence electrons. The van der Waals surface area contributed by atoms with Crippen LogP contribution >= 0.6 is 46.9 Å². The van der Waals surface area contributed by atoms with Crippen LogP contribution in [0.25, 0.3) is 16.3 Å². The smallest absolute Gasteiger partial charge is 0.283 e. The van der Waals surface area contributed by atoms with Crippen LogP contribution in [0.1, 0.15) is 27.0 Å². The van der Waals surface area contributed by atoms with Gasteiger partial charge in [-0.3, -0.25) is 34.7 Å². The van der Waals surface area contributed by atoms with E-state index in [0.717, 1.165) is 27.6 Å². The summed E-state index contributed by atoms with van der Waals surface area (Å²) >= 11 is 13.7. The Labute approximate surface area is 286 Å². The summed E-state index contributed by atoms with van der Waals surface area (Å²) in [7, 11) is 0. The number of nitrogens with one attached hydrogen (secondary N) is 2. The van der Waals surface area contributed by atoms with E-state index >= 15 is 0 Å². The molecule has 0 saturated carbocycles. The number of nitro benzene ring substituents is 1. The summed E-state index contributed by atoms with van der Waals surface area (Å²) in [6.07, 6.45) is 1.31. The van der Waals surface area contributed by atoms with E-state index in [-0.39, 0.29) is 22.3 Å². The Morgan fingerprint density at radius 1 is 1.06 bits per heavy atom. The van der Waals surface area contributed by atoms with E-state index in [9.17, 15) is 24.5 Å². The predicted molar refractivity (Wildman–Crippen MR) is 188 cm³/mol. The molecule has 0 atom stereocenters. The van der Waals surface area contributed by atoms with Gasteiger partial charge in [-0.2, -0.15) is 0 Å². The number of carbonyl (C=O) groups is 3. The largest absolute Gasteiger partial charge is 0.322 e. The van der Waals surface area contributed by atoms with Gasteiger partial charge in [-0.05, 0) is 97.9 Å². The molecule has 0 aliphatic carbocycles. The summed E-state index contributed by atoms with van der Waals surface area (Å²) in [5.74, 6) is -1.62. The van der Waals surface area contributed by atoms with Gasteiger partial charge >= 0.3 is 0 Å². The van der Waals surface area contributed by atoms with E-state index in [2.05, 4.69) is 15.6 Å². The Bertz CT molecular complexity index is 2180. The van der Waals surface area contributed by atoms with E-state index in [1.807, 2.05) is 26.0 Å². The maximum absolute atomic E-state index is 13.5. The zero-order chi connectivity index (χ0) is 33.4. The molecule has 0 unspecified atom stereocenters. The maximum Gasteiger partial charge on any atom is 0.283 e. The van der Waals surface area contributed by atoms with Crippen LogP contribution in [0.3, 0.4) is 0 Å². The standard InChI is InChI=1S/C33H22ClN5O5S3/c1-17-3-11-25(18(2)13-17)38-31(42)23(30(41)37-32(38)45)14-19-4-12-27(26(15-19)39(43)44)46-33-36-24-10-9-22(16-28(24)47-33)35-29(40)20-5-7-21(34)8-6-20/h3-16H,1-2H3,(H,35,40)(H,37,41,45)/b23-14+. The van der Waals surface area contributed by atoms with E-state index < -0.39 is 16.7 Å². The second-order valence-corrected chi connectivity index (χ2v) is 13.6. The van der Waals surface area contributed by atoms with Crippen LogP contribution in [-0.4, -0.2) is 32.7 Å². The number of anilines is 2. The molecule has 10 nitrogen and oxygen atoms in total. The summed E-state index contributed by atoms with van der Waals surface area (Å²) in [6, 6.07) is 21.7. The number of thiocarbonyl (C=S) groups is 1. The van der Waals surface area contributed by atoms with Gasteiger partial charge in [0.1, 0.15) is 5.57 Å². The minimum atomic E-state index is -0.694. The number of fused-ring (bicyclic) bond motifs is 1. The average Bonchev–Trinajstić information content (AvgIpc) is 3.42. The van der Waals surface area contributed by atoms with Gasteiger partial charge in [0.25, 0.3) is 23.4 Å². The molecule has 0 radical (unpaired) electrons. The Hall–Kier alpha value is -4.95. The van der Waals surface area contributed by atoms with Crippen molar-refractivity contribution in [3.8, 4) is 0 Å². The van der Waals surface area contributed by atoms with Crippen molar-refractivity contribution >= 4 is 103 Å². The molecule has 0 bridgehead atoms. The number of amides is 3. The number of halogens is 1.